The van der Waals surface area contributed by atoms with Gasteiger partial charge in [-0.1, -0.05) is 16.4 Å². The van der Waals surface area contributed by atoms with E-state index in [0.29, 0.717) is 22.1 Å². The minimum absolute atomic E-state index is 0.00264. The van der Waals surface area contributed by atoms with Gasteiger partial charge in [0.25, 0.3) is 0 Å². The molecule has 1 aromatic heterocycles. The minimum Gasteiger partial charge on any atom is -0.723 e. The maximum absolute atomic E-state index is 12.7. The highest BCUT2D eigenvalue weighted by Gasteiger charge is 2.36. The standard InChI is InChI=1S/C14H16ClN5O3/c1-10-4-2-3-9-17(10)14-13(20(22)23)16-18(19(14)21)12-7-5-11(15)6-8-12/h5-8,10H,2-4,9H2,1H3/t10-/m0/s1. The molecule has 0 aliphatic carbocycles. The summed E-state index contributed by atoms with van der Waals surface area (Å²) in [5.74, 6) is -0.430. The Labute approximate surface area is 137 Å². The van der Waals surface area contributed by atoms with Gasteiger partial charge in [0, 0.05) is 10.1 Å². The lowest BCUT2D eigenvalue weighted by atomic mass is 10.0. The lowest BCUT2D eigenvalue weighted by molar-refractivity contribution is -0.677. The molecule has 2 aromatic rings. The fourth-order valence-corrected chi connectivity index (χ4v) is 2.98. The zero-order valence-corrected chi connectivity index (χ0v) is 13.3. The van der Waals surface area contributed by atoms with Crippen molar-refractivity contribution in [2.24, 2.45) is 0 Å². The van der Waals surface area contributed by atoms with E-state index >= 15 is 0 Å². The average molecular weight is 338 g/mol. The highest BCUT2D eigenvalue weighted by molar-refractivity contribution is 6.30. The molecule has 122 valence electrons. The summed E-state index contributed by atoms with van der Waals surface area (Å²) in [6, 6.07) is 6.46. The molecule has 0 unspecified atom stereocenters. The normalized spacial score (nSPS) is 18.2. The molecule has 1 aliphatic heterocycles. The van der Waals surface area contributed by atoms with Crippen molar-refractivity contribution >= 4 is 23.2 Å². The number of piperidine rings is 1. The van der Waals surface area contributed by atoms with Crippen LogP contribution in [0.3, 0.4) is 0 Å². The van der Waals surface area contributed by atoms with Crippen molar-refractivity contribution in [1.29, 1.82) is 0 Å². The number of hydrogen-bond acceptors (Lipinski definition) is 5. The van der Waals surface area contributed by atoms with Crippen molar-refractivity contribution in [3.63, 3.8) is 0 Å². The summed E-state index contributed by atoms with van der Waals surface area (Å²) in [6.45, 7) is 2.57. The molecule has 1 atom stereocenters. The van der Waals surface area contributed by atoms with E-state index in [-0.39, 0.29) is 11.9 Å². The molecule has 23 heavy (non-hydrogen) atoms. The Bertz CT molecular complexity index is 731. The molecule has 1 fully saturated rings. The van der Waals surface area contributed by atoms with E-state index in [1.807, 2.05) is 6.92 Å². The second kappa shape index (κ2) is 6.04. The van der Waals surface area contributed by atoms with Crippen LogP contribution >= 0.6 is 11.6 Å². The monoisotopic (exact) mass is 337 g/mol. The first-order chi connectivity index (χ1) is 11.0. The molecule has 1 saturated heterocycles. The number of benzene rings is 1. The fourth-order valence-electron chi connectivity index (χ4n) is 2.86. The molecule has 9 heteroatoms. The summed E-state index contributed by atoms with van der Waals surface area (Å²) >= 11 is 5.84. The second-order valence-corrected chi connectivity index (χ2v) is 6.02. The van der Waals surface area contributed by atoms with Gasteiger partial charge in [0.05, 0.1) is 12.6 Å². The predicted octanol–water partition coefficient (Wildman–Crippen LogP) is 2.45. The predicted molar refractivity (Wildman–Crippen MR) is 84.8 cm³/mol. The van der Waals surface area contributed by atoms with Crippen LogP contribution in [0, 0.1) is 15.3 Å². The van der Waals surface area contributed by atoms with Gasteiger partial charge in [-0.3, -0.25) is 4.90 Å². The Kier molecular flexibility index (Phi) is 4.08. The maximum Gasteiger partial charge on any atom is 0.428 e. The molecule has 1 aromatic carbocycles. The highest BCUT2D eigenvalue weighted by atomic mass is 35.5. The first-order valence-corrected chi connectivity index (χ1v) is 7.76. The second-order valence-electron chi connectivity index (χ2n) is 5.58. The topological polar surface area (TPSA) is 91.1 Å². The third kappa shape index (κ3) is 2.81. The van der Waals surface area contributed by atoms with E-state index in [1.165, 1.54) is 0 Å². The van der Waals surface area contributed by atoms with E-state index in [9.17, 15) is 15.3 Å². The first-order valence-electron chi connectivity index (χ1n) is 7.39. The SMILES string of the molecule is C[C@H]1CCCCN1c1c([N+](=O)[O-])nn(-c2ccc(Cl)cc2)[n+]1[O-]. The van der Waals surface area contributed by atoms with E-state index in [2.05, 4.69) is 5.10 Å². The lowest BCUT2D eigenvalue weighted by Gasteiger charge is -2.30. The lowest BCUT2D eigenvalue weighted by Crippen LogP contribution is -2.47. The smallest absolute Gasteiger partial charge is 0.428 e. The molecule has 0 N–H and O–H groups in total. The summed E-state index contributed by atoms with van der Waals surface area (Å²) in [5.41, 5.74) is 0.420. The third-order valence-electron chi connectivity index (χ3n) is 4.05. The number of halogens is 1. The van der Waals surface area contributed by atoms with Crippen LogP contribution in [-0.4, -0.2) is 27.4 Å². The van der Waals surface area contributed by atoms with Crippen molar-refractivity contribution in [3.05, 3.63) is 44.6 Å². The quantitative estimate of drug-likeness (QED) is 0.371. The Morgan fingerprint density at radius 1 is 1.35 bits per heavy atom. The average Bonchev–Trinajstić information content (AvgIpc) is 2.86. The number of hydrogen-bond donors (Lipinski definition) is 0. The number of nitro groups is 1. The minimum atomic E-state index is -0.614. The van der Waals surface area contributed by atoms with E-state index in [4.69, 9.17) is 11.6 Å². The number of rotatable bonds is 3. The van der Waals surface area contributed by atoms with Gasteiger partial charge in [-0.15, -0.1) is 0 Å². The van der Waals surface area contributed by atoms with Crippen LogP contribution in [0.15, 0.2) is 24.3 Å². The van der Waals surface area contributed by atoms with Crippen molar-refractivity contribution in [2.45, 2.75) is 32.2 Å². The number of anilines is 1. The molecule has 3 rings (SSSR count). The number of nitrogens with zero attached hydrogens (tertiary/aromatic N) is 5. The van der Waals surface area contributed by atoms with Crippen molar-refractivity contribution < 1.29 is 9.77 Å². The van der Waals surface area contributed by atoms with Crippen LogP contribution in [0.2, 0.25) is 5.02 Å². The maximum atomic E-state index is 12.7. The molecule has 0 amide bonds. The molecule has 0 spiro atoms. The van der Waals surface area contributed by atoms with Gasteiger partial charge in [0.15, 0.2) is 0 Å². The van der Waals surface area contributed by atoms with E-state index in [1.54, 1.807) is 29.2 Å². The van der Waals surface area contributed by atoms with E-state index < -0.39 is 10.7 Å². The molecule has 0 saturated carbocycles. The Morgan fingerprint density at radius 2 is 2.04 bits per heavy atom. The van der Waals surface area contributed by atoms with Gasteiger partial charge in [-0.25, -0.2) is 0 Å². The van der Waals surface area contributed by atoms with Crippen molar-refractivity contribution in [3.8, 4) is 5.69 Å². The Hall–Kier alpha value is -2.35. The highest BCUT2D eigenvalue weighted by Crippen LogP contribution is 2.29. The zero-order valence-electron chi connectivity index (χ0n) is 12.6. The third-order valence-corrected chi connectivity index (χ3v) is 4.30. The van der Waals surface area contributed by atoms with Gasteiger partial charge in [0.1, 0.15) is 5.69 Å². The summed E-state index contributed by atoms with van der Waals surface area (Å²) < 4.78 is 0. The Balaban J connectivity index is 2.11. The van der Waals surface area contributed by atoms with Crippen molar-refractivity contribution in [1.82, 2.24) is 9.90 Å². The molecular weight excluding hydrogens is 322 g/mol. The summed E-state index contributed by atoms with van der Waals surface area (Å²) in [6.07, 6.45) is 2.84. The number of aromatic nitrogens is 3. The van der Waals surface area contributed by atoms with Crippen LogP contribution < -0.4 is 9.75 Å². The van der Waals surface area contributed by atoms with Crippen LogP contribution in [0.25, 0.3) is 5.69 Å². The van der Waals surface area contributed by atoms with Gasteiger partial charge in [-0.2, -0.15) is 4.85 Å². The summed E-state index contributed by atoms with van der Waals surface area (Å²) in [7, 11) is 0. The molecule has 8 nitrogen and oxygen atoms in total. The van der Waals surface area contributed by atoms with Gasteiger partial charge < -0.3 is 15.3 Å². The van der Waals surface area contributed by atoms with Gasteiger partial charge in [0.2, 0.25) is 0 Å². The molecular formula is C14H16ClN5O3. The summed E-state index contributed by atoms with van der Waals surface area (Å²) in [5, 5.41) is 28.4. The van der Waals surface area contributed by atoms with E-state index in [0.717, 1.165) is 24.1 Å². The molecule has 1 aliphatic rings. The molecule has 0 radical (unpaired) electrons. The first kappa shape index (κ1) is 15.5. The molecule has 0 bridgehead atoms. The molecule has 2 heterocycles. The largest absolute Gasteiger partial charge is 0.723 e. The van der Waals surface area contributed by atoms with Crippen LogP contribution in [0.4, 0.5) is 11.6 Å². The van der Waals surface area contributed by atoms with Crippen molar-refractivity contribution in [2.75, 3.05) is 11.4 Å². The van der Waals surface area contributed by atoms with Crippen LogP contribution in [0.5, 0.6) is 0 Å². The Morgan fingerprint density at radius 3 is 2.65 bits per heavy atom. The zero-order chi connectivity index (χ0) is 16.6. The van der Waals surface area contributed by atoms with Crippen LogP contribution in [0.1, 0.15) is 26.2 Å². The van der Waals surface area contributed by atoms with Gasteiger partial charge >= 0.3 is 11.6 Å². The fraction of sp³-hybridized carbons (Fsp3) is 0.429. The van der Waals surface area contributed by atoms with Gasteiger partial charge in [-0.05, 0) is 55.4 Å². The van der Waals surface area contributed by atoms with Crippen LogP contribution in [-0.2, 0) is 0 Å². The summed E-state index contributed by atoms with van der Waals surface area (Å²) in [4.78, 5) is 14.0.